The molecule has 0 aromatic heterocycles. The van der Waals surface area contributed by atoms with E-state index in [2.05, 4.69) is 5.32 Å². The van der Waals surface area contributed by atoms with Crippen molar-refractivity contribution >= 4 is 17.5 Å². The Balaban J connectivity index is 1.84. The average molecular weight is 286 g/mol. The summed E-state index contributed by atoms with van der Waals surface area (Å²) < 4.78 is 13.5. The molecule has 1 aromatic carbocycles. The van der Waals surface area contributed by atoms with Gasteiger partial charge in [0, 0.05) is 17.1 Å². The van der Waals surface area contributed by atoms with E-state index in [4.69, 9.17) is 11.6 Å². The van der Waals surface area contributed by atoms with Crippen molar-refractivity contribution < 1.29 is 14.3 Å². The lowest BCUT2D eigenvalue weighted by atomic mass is 10.1. The Morgan fingerprint density at radius 1 is 1.47 bits per heavy atom. The fraction of sp³-hybridized carbons (Fsp3) is 0.500. The zero-order valence-corrected chi connectivity index (χ0v) is 11.3. The maximum Gasteiger partial charge on any atom is 0.224 e. The fourth-order valence-electron chi connectivity index (χ4n) is 2.42. The Morgan fingerprint density at radius 2 is 2.26 bits per heavy atom. The second-order valence-electron chi connectivity index (χ2n) is 5.01. The first-order valence-corrected chi connectivity index (χ1v) is 6.81. The SMILES string of the molecule is O=C(Cc1c(F)cccc1Cl)NCC1CCC(O)C1. The molecular weight excluding hydrogens is 269 g/mol. The third-order valence-corrected chi connectivity index (χ3v) is 3.85. The molecule has 1 aliphatic carbocycles. The highest BCUT2D eigenvalue weighted by molar-refractivity contribution is 6.31. The topological polar surface area (TPSA) is 49.3 Å². The van der Waals surface area contributed by atoms with Gasteiger partial charge in [0.15, 0.2) is 0 Å². The Morgan fingerprint density at radius 3 is 2.89 bits per heavy atom. The van der Waals surface area contributed by atoms with Gasteiger partial charge >= 0.3 is 0 Å². The number of amides is 1. The summed E-state index contributed by atoms with van der Waals surface area (Å²) in [5.74, 6) is -0.387. The molecule has 2 unspecified atom stereocenters. The molecule has 2 rings (SSSR count). The number of aliphatic hydroxyl groups excluding tert-OH is 1. The zero-order chi connectivity index (χ0) is 13.8. The third-order valence-electron chi connectivity index (χ3n) is 3.50. The normalized spacial score (nSPS) is 22.5. The van der Waals surface area contributed by atoms with E-state index in [9.17, 15) is 14.3 Å². The summed E-state index contributed by atoms with van der Waals surface area (Å²) >= 11 is 5.87. The molecule has 1 saturated carbocycles. The molecule has 0 aliphatic heterocycles. The molecule has 0 radical (unpaired) electrons. The summed E-state index contributed by atoms with van der Waals surface area (Å²) in [5, 5.41) is 12.4. The Bertz CT molecular complexity index is 447. The van der Waals surface area contributed by atoms with Crippen molar-refractivity contribution in [2.45, 2.75) is 31.8 Å². The minimum absolute atomic E-state index is 0.0548. The van der Waals surface area contributed by atoms with Gasteiger partial charge in [-0.25, -0.2) is 4.39 Å². The standard InChI is InChI=1S/C14H17ClFNO2/c15-12-2-1-3-13(16)11(12)7-14(19)17-8-9-4-5-10(18)6-9/h1-3,9-10,18H,4-8H2,(H,17,19). The van der Waals surface area contributed by atoms with E-state index in [0.29, 0.717) is 12.5 Å². The predicted octanol–water partition coefficient (Wildman–Crippen LogP) is 2.30. The van der Waals surface area contributed by atoms with Crippen molar-refractivity contribution in [1.29, 1.82) is 0 Å². The molecule has 1 fully saturated rings. The van der Waals surface area contributed by atoms with E-state index in [0.717, 1.165) is 19.3 Å². The van der Waals surface area contributed by atoms with Crippen LogP contribution in [0.3, 0.4) is 0 Å². The van der Waals surface area contributed by atoms with Gasteiger partial charge in [0.05, 0.1) is 12.5 Å². The van der Waals surface area contributed by atoms with Gasteiger partial charge in [-0.2, -0.15) is 0 Å². The zero-order valence-electron chi connectivity index (χ0n) is 10.5. The number of halogens is 2. The largest absolute Gasteiger partial charge is 0.393 e. The smallest absolute Gasteiger partial charge is 0.224 e. The van der Waals surface area contributed by atoms with Gasteiger partial charge in [0.25, 0.3) is 0 Å². The van der Waals surface area contributed by atoms with E-state index in [-0.39, 0.29) is 29.0 Å². The molecule has 0 saturated heterocycles. The third kappa shape index (κ3) is 3.91. The van der Waals surface area contributed by atoms with Crippen LogP contribution in [0.15, 0.2) is 18.2 Å². The first-order valence-electron chi connectivity index (χ1n) is 6.44. The lowest BCUT2D eigenvalue weighted by Gasteiger charge is -2.11. The number of nitrogens with one attached hydrogen (secondary N) is 1. The van der Waals surface area contributed by atoms with Gasteiger partial charge in [-0.15, -0.1) is 0 Å². The van der Waals surface area contributed by atoms with E-state index in [1.54, 1.807) is 6.07 Å². The molecule has 0 bridgehead atoms. The average Bonchev–Trinajstić information content (AvgIpc) is 2.77. The van der Waals surface area contributed by atoms with Crippen LogP contribution in [0.25, 0.3) is 0 Å². The minimum Gasteiger partial charge on any atom is -0.393 e. The van der Waals surface area contributed by atoms with Crippen molar-refractivity contribution in [2.24, 2.45) is 5.92 Å². The molecule has 2 atom stereocenters. The molecule has 1 aromatic rings. The van der Waals surface area contributed by atoms with E-state index >= 15 is 0 Å². The Hall–Kier alpha value is -1.13. The molecule has 3 nitrogen and oxygen atoms in total. The summed E-state index contributed by atoms with van der Waals surface area (Å²) in [6.45, 7) is 0.530. The number of carbonyl (C=O) groups excluding carboxylic acids is 1. The van der Waals surface area contributed by atoms with E-state index in [1.165, 1.54) is 12.1 Å². The first kappa shape index (κ1) is 14.3. The molecule has 104 valence electrons. The molecule has 0 heterocycles. The van der Waals surface area contributed by atoms with Crippen LogP contribution in [-0.2, 0) is 11.2 Å². The minimum atomic E-state index is -0.459. The number of hydrogen-bond acceptors (Lipinski definition) is 2. The molecule has 2 N–H and O–H groups in total. The number of benzene rings is 1. The molecular formula is C14H17ClFNO2. The van der Waals surface area contributed by atoms with Gasteiger partial charge in [-0.1, -0.05) is 17.7 Å². The molecule has 1 aliphatic rings. The van der Waals surface area contributed by atoms with Gasteiger partial charge in [0.2, 0.25) is 5.91 Å². The molecule has 19 heavy (non-hydrogen) atoms. The van der Waals surface area contributed by atoms with Crippen molar-refractivity contribution in [3.8, 4) is 0 Å². The lowest BCUT2D eigenvalue weighted by molar-refractivity contribution is -0.120. The fourth-order valence-corrected chi connectivity index (χ4v) is 2.65. The number of hydrogen-bond donors (Lipinski definition) is 2. The predicted molar refractivity (Wildman–Crippen MR) is 71.5 cm³/mol. The van der Waals surface area contributed by atoms with Crippen molar-refractivity contribution in [2.75, 3.05) is 6.54 Å². The summed E-state index contributed by atoms with van der Waals surface area (Å²) in [7, 11) is 0. The maximum absolute atomic E-state index is 13.5. The van der Waals surface area contributed by atoms with Crippen LogP contribution in [0.5, 0.6) is 0 Å². The van der Waals surface area contributed by atoms with Gasteiger partial charge in [-0.05, 0) is 37.3 Å². The Labute approximate surface area is 116 Å². The molecule has 1 amide bonds. The lowest BCUT2D eigenvalue weighted by Crippen LogP contribution is -2.30. The monoisotopic (exact) mass is 285 g/mol. The summed E-state index contributed by atoms with van der Waals surface area (Å²) in [5.41, 5.74) is 0.230. The van der Waals surface area contributed by atoms with Gasteiger partial charge in [-0.3, -0.25) is 4.79 Å². The first-order chi connectivity index (χ1) is 9.06. The van der Waals surface area contributed by atoms with Crippen LogP contribution in [0.2, 0.25) is 5.02 Å². The van der Waals surface area contributed by atoms with Crippen molar-refractivity contribution in [3.05, 3.63) is 34.6 Å². The van der Waals surface area contributed by atoms with Crippen LogP contribution in [0, 0.1) is 11.7 Å². The van der Waals surface area contributed by atoms with Gasteiger partial charge < -0.3 is 10.4 Å². The second-order valence-corrected chi connectivity index (χ2v) is 5.42. The molecule has 0 spiro atoms. The Kier molecular flexibility index (Phi) is 4.77. The highest BCUT2D eigenvalue weighted by atomic mass is 35.5. The highest BCUT2D eigenvalue weighted by Gasteiger charge is 2.23. The number of aliphatic hydroxyl groups is 1. The summed E-state index contributed by atoms with van der Waals surface area (Å²) in [6, 6.07) is 4.38. The summed E-state index contributed by atoms with van der Waals surface area (Å²) in [4.78, 5) is 11.8. The number of rotatable bonds is 4. The van der Waals surface area contributed by atoms with Crippen LogP contribution in [0.4, 0.5) is 4.39 Å². The van der Waals surface area contributed by atoms with Crippen LogP contribution in [-0.4, -0.2) is 23.7 Å². The van der Waals surface area contributed by atoms with Crippen LogP contribution >= 0.6 is 11.6 Å². The quantitative estimate of drug-likeness (QED) is 0.892. The van der Waals surface area contributed by atoms with Crippen molar-refractivity contribution in [1.82, 2.24) is 5.32 Å². The van der Waals surface area contributed by atoms with Crippen LogP contribution < -0.4 is 5.32 Å². The highest BCUT2D eigenvalue weighted by Crippen LogP contribution is 2.24. The molecule has 5 heteroatoms. The maximum atomic E-state index is 13.5. The van der Waals surface area contributed by atoms with Crippen molar-refractivity contribution in [3.63, 3.8) is 0 Å². The van der Waals surface area contributed by atoms with E-state index in [1.807, 2.05) is 0 Å². The van der Waals surface area contributed by atoms with Crippen LogP contribution in [0.1, 0.15) is 24.8 Å². The van der Waals surface area contributed by atoms with E-state index < -0.39 is 5.82 Å². The number of carbonyl (C=O) groups is 1. The second kappa shape index (κ2) is 6.35. The summed E-state index contributed by atoms with van der Waals surface area (Å²) in [6.07, 6.45) is 2.13. The van der Waals surface area contributed by atoms with Gasteiger partial charge in [0.1, 0.15) is 5.82 Å².